The van der Waals surface area contributed by atoms with Gasteiger partial charge in [-0.15, -0.1) is 0 Å². The summed E-state index contributed by atoms with van der Waals surface area (Å²) in [5.41, 5.74) is 8.51. The van der Waals surface area contributed by atoms with Crippen LogP contribution >= 0.6 is 0 Å². The number of hydrazine groups is 1. The predicted molar refractivity (Wildman–Crippen MR) is 225 cm³/mol. The Morgan fingerprint density at radius 1 is 0.729 bits per heavy atom. The SMILES string of the molecule is COC(=O)N[C@H](C(=O)N1CCC[C@H]1c1ncc(-c2ccc3cc(-c4ccc(-c5cnc([C@@H]6CCCC[C@@H]6C(=O)N(NC(=O)OC)C(C)C)[nH]5)cc4)ccc3c2)[nH]1)C(C)C. The number of ether oxygens (including phenoxy) is 2. The molecule has 2 aliphatic rings. The highest BCUT2D eigenvalue weighted by atomic mass is 16.5. The van der Waals surface area contributed by atoms with Crippen LogP contribution in [0.4, 0.5) is 9.59 Å². The molecule has 1 saturated carbocycles. The van der Waals surface area contributed by atoms with Gasteiger partial charge in [-0.05, 0) is 85.0 Å². The topological polar surface area (TPSA) is 175 Å². The number of rotatable bonds is 10. The average Bonchev–Trinajstić information content (AvgIpc) is 4.06. The summed E-state index contributed by atoms with van der Waals surface area (Å²) in [4.78, 5) is 69.6. The first-order valence-electron chi connectivity index (χ1n) is 20.5. The summed E-state index contributed by atoms with van der Waals surface area (Å²) in [6.45, 7) is 8.13. The van der Waals surface area contributed by atoms with Crippen LogP contribution in [0.2, 0.25) is 0 Å². The molecule has 7 rings (SSSR count). The molecule has 14 nitrogen and oxygen atoms in total. The van der Waals surface area contributed by atoms with Crippen LogP contribution in [-0.4, -0.2) is 86.7 Å². The minimum Gasteiger partial charge on any atom is -0.453 e. The van der Waals surface area contributed by atoms with Gasteiger partial charge in [-0.2, -0.15) is 0 Å². The number of nitrogens with zero attached hydrogens (tertiary/aromatic N) is 4. The van der Waals surface area contributed by atoms with E-state index < -0.39 is 18.2 Å². The molecule has 0 unspecified atom stereocenters. The van der Waals surface area contributed by atoms with Crippen molar-refractivity contribution < 1.29 is 28.7 Å². The summed E-state index contributed by atoms with van der Waals surface area (Å²) in [5.74, 6) is 0.736. The smallest absolute Gasteiger partial charge is 0.425 e. The molecule has 5 aromatic rings. The van der Waals surface area contributed by atoms with Gasteiger partial charge in [0.1, 0.15) is 17.7 Å². The number of hydrogen-bond donors (Lipinski definition) is 4. The van der Waals surface area contributed by atoms with Crippen molar-refractivity contribution >= 4 is 34.8 Å². The number of carbonyl (C=O) groups excluding carboxylic acids is 4. The largest absolute Gasteiger partial charge is 0.453 e. The molecule has 0 spiro atoms. The lowest BCUT2D eigenvalue weighted by molar-refractivity contribution is -0.142. The molecule has 0 bridgehead atoms. The van der Waals surface area contributed by atoms with Gasteiger partial charge in [-0.25, -0.2) is 30.0 Å². The summed E-state index contributed by atoms with van der Waals surface area (Å²) in [6.07, 6.45) is 7.49. The second-order valence-electron chi connectivity index (χ2n) is 16.2. The van der Waals surface area contributed by atoms with Crippen molar-refractivity contribution in [3.8, 4) is 33.6 Å². The van der Waals surface area contributed by atoms with Crippen molar-refractivity contribution in [1.82, 2.24) is 40.6 Å². The molecular weight excluding hydrogens is 749 g/mol. The van der Waals surface area contributed by atoms with E-state index in [2.05, 4.69) is 81.4 Å². The molecule has 4 atom stereocenters. The highest BCUT2D eigenvalue weighted by molar-refractivity contribution is 5.91. The normalized spacial score (nSPS) is 18.5. The van der Waals surface area contributed by atoms with Crippen molar-refractivity contribution in [3.05, 3.63) is 84.7 Å². The minimum atomic E-state index is -0.688. The standard InChI is InChI=1S/C45H54N8O6/c1-26(2)39(50-44(56)58-5)43(55)52-21-9-12-38(52)41-47-25-37(49-41)33-20-19-31-22-30(17-18-32(31)23-33)28-13-15-29(16-14-28)36-24-46-40(48-36)34-10-7-8-11-35(34)42(54)53(27(3)4)51-45(57)59-6/h13-20,22-27,34-35,38-39H,7-12,21H2,1-6H3,(H,46,48)(H,47,49)(H,50,56)(H,51,57)/t34-,35+,38+,39+/m1/s1. The van der Waals surface area contributed by atoms with E-state index in [0.29, 0.717) is 6.54 Å². The van der Waals surface area contributed by atoms with Gasteiger partial charge in [0.2, 0.25) is 11.8 Å². The number of aromatic nitrogens is 4. The highest BCUT2D eigenvalue weighted by Gasteiger charge is 2.39. The van der Waals surface area contributed by atoms with Crippen molar-refractivity contribution in [2.75, 3.05) is 20.8 Å². The summed E-state index contributed by atoms with van der Waals surface area (Å²) in [6, 6.07) is 20.0. The van der Waals surface area contributed by atoms with E-state index in [4.69, 9.17) is 19.4 Å². The van der Waals surface area contributed by atoms with Crippen LogP contribution in [0.15, 0.2) is 73.1 Å². The van der Waals surface area contributed by atoms with Gasteiger partial charge in [0.25, 0.3) is 0 Å². The van der Waals surface area contributed by atoms with Crippen LogP contribution in [0.3, 0.4) is 0 Å². The lowest BCUT2D eigenvalue weighted by Gasteiger charge is -2.35. The third-order valence-electron chi connectivity index (χ3n) is 11.7. The quantitative estimate of drug-likeness (QED) is 0.102. The predicted octanol–water partition coefficient (Wildman–Crippen LogP) is 8.11. The lowest BCUT2D eigenvalue weighted by atomic mass is 9.78. The van der Waals surface area contributed by atoms with Crippen LogP contribution < -0.4 is 10.7 Å². The second-order valence-corrected chi connectivity index (χ2v) is 16.2. The first-order valence-corrected chi connectivity index (χ1v) is 20.5. The fourth-order valence-corrected chi connectivity index (χ4v) is 8.47. The molecule has 3 aromatic carbocycles. The van der Waals surface area contributed by atoms with E-state index in [1.807, 2.05) is 45.0 Å². The van der Waals surface area contributed by atoms with Crippen LogP contribution in [0, 0.1) is 11.8 Å². The Labute approximate surface area is 344 Å². The molecule has 1 aliphatic carbocycles. The number of alkyl carbamates (subject to hydrolysis) is 1. The lowest BCUT2D eigenvalue weighted by Crippen LogP contribution is -2.53. The van der Waals surface area contributed by atoms with Gasteiger partial charge in [-0.3, -0.25) is 9.59 Å². The zero-order chi connectivity index (χ0) is 41.8. The maximum absolute atomic E-state index is 13.7. The highest BCUT2D eigenvalue weighted by Crippen LogP contribution is 2.39. The second kappa shape index (κ2) is 17.8. The molecular formula is C45H54N8O6. The molecule has 310 valence electrons. The number of imidazole rings is 2. The van der Waals surface area contributed by atoms with Gasteiger partial charge in [0.15, 0.2) is 0 Å². The number of likely N-dealkylation sites (tertiary alicyclic amines) is 1. The zero-order valence-corrected chi connectivity index (χ0v) is 34.6. The molecule has 3 heterocycles. The Kier molecular flexibility index (Phi) is 12.3. The third kappa shape index (κ3) is 8.81. The number of fused-ring (bicyclic) bond motifs is 1. The van der Waals surface area contributed by atoms with E-state index in [1.165, 1.54) is 19.2 Å². The van der Waals surface area contributed by atoms with Crippen LogP contribution in [0.25, 0.3) is 44.4 Å². The van der Waals surface area contributed by atoms with Gasteiger partial charge >= 0.3 is 12.2 Å². The maximum atomic E-state index is 13.7. The average molecular weight is 803 g/mol. The molecule has 0 radical (unpaired) electrons. The Morgan fingerprint density at radius 3 is 2.00 bits per heavy atom. The number of hydrogen-bond acceptors (Lipinski definition) is 8. The zero-order valence-electron chi connectivity index (χ0n) is 34.6. The molecule has 14 heteroatoms. The molecule has 2 fully saturated rings. The summed E-state index contributed by atoms with van der Waals surface area (Å²) in [5, 5.41) is 6.28. The minimum absolute atomic E-state index is 0.0902. The summed E-state index contributed by atoms with van der Waals surface area (Å²) >= 11 is 0. The molecule has 1 saturated heterocycles. The van der Waals surface area contributed by atoms with Crippen LogP contribution in [0.1, 0.15) is 89.8 Å². The van der Waals surface area contributed by atoms with Crippen LogP contribution in [0.5, 0.6) is 0 Å². The summed E-state index contributed by atoms with van der Waals surface area (Å²) < 4.78 is 9.53. The summed E-state index contributed by atoms with van der Waals surface area (Å²) in [7, 11) is 2.58. The Morgan fingerprint density at radius 2 is 1.32 bits per heavy atom. The third-order valence-corrected chi connectivity index (χ3v) is 11.7. The van der Waals surface area contributed by atoms with Crippen molar-refractivity contribution in [3.63, 3.8) is 0 Å². The molecule has 4 amide bonds. The molecule has 1 aliphatic heterocycles. The van der Waals surface area contributed by atoms with Crippen molar-refractivity contribution in [1.29, 1.82) is 0 Å². The number of carbonyl (C=O) groups is 4. The number of benzene rings is 3. The number of H-pyrrole nitrogens is 2. The Balaban J connectivity index is 1.03. The van der Waals surface area contributed by atoms with Gasteiger partial charge in [-0.1, -0.05) is 75.2 Å². The van der Waals surface area contributed by atoms with Gasteiger partial charge in [0, 0.05) is 30.0 Å². The van der Waals surface area contributed by atoms with E-state index in [0.717, 1.165) is 94.6 Å². The fourth-order valence-electron chi connectivity index (χ4n) is 8.47. The molecule has 2 aromatic heterocycles. The first kappa shape index (κ1) is 41.0. The monoisotopic (exact) mass is 802 g/mol. The fraction of sp³-hybridized carbons (Fsp3) is 0.422. The van der Waals surface area contributed by atoms with Crippen molar-refractivity contribution in [2.24, 2.45) is 11.8 Å². The number of nitrogens with one attached hydrogen (secondary N) is 4. The van der Waals surface area contributed by atoms with E-state index >= 15 is 0 Å². The molecule has 4 N–H and O–H groups in total. The Hall–Kier alpha value is -6.18. The first-order chi connectivity index (χ1) is 28.4. The number of amides is 4. The van der Waals surface area contributed by atoms with Crippen LogP contribution in [-0.2, 0) is 19.1 Å². The van der Waals surface area contributed by atoms with E-state index in [1.54, 1.807) is 0 Å². The van der Waals surface area contributed by atoms with Crippen molar-refractivity contribution in [2.45, 2.75) is 90.3 Å². The van der Waals surface area contributed by atoms with Gasteiger partial charge in [0.05, 0.1) is 44.0 Å². The maximum Gasteiger partial charge on any atom is 0.425 e. The number of aromatic amines is 2. The van der Waals surface area contributed by atoms with Gasteiger partial charge < -0.3 is 29.7 Å². The van der Waals surface area contributed by atoms with E-state index in [9.17, 15) is 19.2 Å². The van der Waals surface area contributed by atoms with E-state index in [-0.39, 0.29) is 41.7 Å². The Bertz CT molecular complexity index is 2300. The number of methoxy groups -OCH3 is 2. The molecule has 59 heavy (non-hydrogen) atoms.